The summed E-state index contributed by atoms with van der Waals surface area (Å²) in [6.07, 6.45) is 0. The summed E-state index contributed by atoms with van der Waals surface area (Å²) in [4.78, 5) is 18.4. The number of aryl methyl sites for hydroxylation is 1. The van der Waals surface area contributed by atoms with Gasteiger partial charge in [-0.2, -0.15) is 0 Å². The van der Waals surface area contributed by atoms with Crippen molar-refractivity contribution in [2.24, 2.45) is 0 Å². The van der Waals surface area contributed by atoms with Gasteiger partial charge in [-0.1, -0.05) is 24.3 Å². The summed E-state index contributed by atoms with van der Waals surface area (Å²) in [7, 11) is 0. The van der Waals surface area contributed by atoms with Crippen molar-refractivity contribution >= 4 is 17.2 Å². The van der Waals surface area contributed by atoms with E-state index in [9.17, 15) is 4.79 Å². The van der Waals surface area contributed by atoms with Crippen LogP contribution in [0.2, 0.25) is 0 Å². The zero-order chi connectivity index (χ0) is 21.3. The van der Waals surface area contributed by atoms with Crippen molar-refractivity contribution in [2.75, 3.05) is 13.1 Å². The van der Waals surface area contributed by atoms with E-state index in [0.717, 1.165) is 41.6 Å². The molecule has 1 aromatic heterocycles. The molecule has 2 aromatic carbocycles. The van der Waals surface area contributed by atoms with Crippen molar-refractivity contribution in [1.29, 1.82) is 0 Å². The summed E-state index contributed by atoms with van der Waals surface area (Å²) >= 11 is 1.61. The van der Waals surface area contributed by atoms with Gasteiger partial charge in [0.25, 0.3) is 5.91 Å². The first-order chi connectivity index (χ1) is 14.6. The maximum Gasteiger partial charge on any atom is 0.251 e. The quantitative estimate of drug-likeness (QED) is 0.525. The normalized spacial score (nSPS) is 10.9. The third-order valence-corrected chi connectivity index (χ3v) is 5.92. The summed E-state index contributed by atoms with van der Waals surface area (Å²) in [6, 6.07) is 15.7. The summed E-state index contributed by atoms with van der Waals surface area (Å²) in [5.74, 6) is 0.636. The first-order valence-electron chi connectivity index (χ1n) is 10.4. The second-order valence-electron chi connectivity index (χ2n) is 7.30. The lowest BCUT2D eigenvalue weighted by Gasteiger charge is -2.15. The minimum absolute atomic E-state index is 0.0895. The molecule has 158 valence electrons. The molecule has 0 unspecified atom stereocenters. The Labute approximate surface area is 182 Å². The number of rotatable bonds is 10. The van der Waals surface area contributed by atoms with Crippen LogP contribution in [0.25, 0.3) is 0 Å². The Balaban J connectivity index is 1.47. The molecule has 30 heavy (non-hydrogen) atoms. The van der Waals surface area contributed by atoms with Gasteiger partial charge >= 0.3 is 0 Å². The zero-order valence-electron chi connectivity index (χ0n) is 17.9. The fraction of sp³-hybridized carbons (Fsp3) is 0.333. The molecule has 0 aliphatic carbocycles. The van der Waals surface area contributed by atoms with E-state index in [0.29, 0.717) is 18.7 Å². The molecule has 5 nitrogen and oxygen atoms in total. The molecular weight excluding hydrogens is 394 g/mol. The Morgan fingerprint density at radius 1 is 1.03 bits per heavy atom. The number of nitrogens with zero attached hydrogens (tertiary/aromatic N) is 1. The molecule has 0 bridgehead atoms. The van der Waals surface area contributed by atoms with Crippen LogP contribution in [0.1, 0.15) is 46.0 Å². The summed E-state index contributed by atoms with van der Waals surface area (Å²) in [5.41, 5.74) is 3.96. The second kappa shape index (κ2) is 10.9. The molecule has 0 atom stereocenters. The average Bonchev–Trinajstić information content (AvgIpc) is 3.20. The van der Waals surface area contributed by atoms with E-state index < -0.39 is 0 Å². The number of carbonyl (C=O) groups excluding carboxylic acids is 1. The molecule has 0 spiro atoms. The van der Waals surface area contributed by atoms with Gasteiger partial charge in [0.15, 0.2) is 0 Å². The van der Waals surface area contributed by atoms with Gasteiger partial charge in [0, 0.05) is 23.1 Å². The molecule has 0 saturated carbocycles. The summed E-state index contributed by atoms with van der Waals surface area (Å²) < 4.78 is 5.73. The SMILES string of the molecule is CC[NH+](CC)Cc1ccc(CNC(=O)c2ccc(OCc3csc(C)n3)cc2)cc1. The lowest BCUT2D eigenvalue weighted by atomic mass is 10.1. The third kappa shape index (κ3) is 6.40. The van der Waals surface area contributed by atoms with Gasteiger partial charge < -0.3 is 15.0 Å². The molecule has 1 heterocycles. The van der Waals surface area contributed by atoms with Gasteiger partial charge in [-0.25, -0.2) is 4.98 Å². The first kappa shape index (κ1) is 22.0. The average molecular weight is 425 g/mol. The van der Waals surface area contributed by atoms with E-state index in [1.54, 1.807) is 28.4 Å². The van der Waals surface area contributed by atoms with E-state index in [1.807, 2.05) is 24.4 Å². The Morgan fingerprint density at radius 3 is 2.30 bits per heavy atom. The highest BCUT2D eigenvalue weighted by Gasteiger charge is 2.08. The van der Waals surface area contributed by atoms with Crippen LogP contribution in [0.4, 0.5) is 0 Å². The van der Waals surface area contributed by atoms with Crippen molar-refractivity contribution in [2.45, 2.75) is 40.5 Å². The zero-order valence-corrected chi connectivity index (χ0v) is 18.7. The number of thiazole rings is 1. The van der Waals surface area contributed by atoms with E-state index in [2.05, 4.69) is 48.4 Å². The topological polar surface area (TPSA) is 55.7 Å². The molecule has 6 heteroatoms. The summed E-state index contributed by atoms with van der Waals surface area (Å²) in [5, 5.41) is 6.01. The van der Waals surface area contributed by atoms with Crippen LogP contribution < -0.4 is 15.0 Å². The van der Waals surface area contributed by atoms with Gasteiger partial charge in [0.2, 0.25) is 0 Å². The van der Waals surface area contributed by atoms with Crippen molar-refractivity contribution in [3.63, 3.8) is 0 Å². The van der Waals surface area contributed by atoms with Crippen LogP contribution in [0.5, 0.6) is 5.75 Å². The number of benzene rings is 2. The van der Waals surface area contributed by atoms with Gasteiger partial charge in [-0.15, -0.1) is 11.3 Å². The highest BCUT2D eigenvalue weighted by Crippen LogP contribution is 2.15. The first-order valence-corrected chi connectivity index (χ1v) is 11.3. The van der Waals surface area contributed by atoms with E-state index in [-0.39, 0.29) is 5.91 Å². The molecule has 2 N–H and O–H groups in total. The maximum absolute atomic E-state index is 12.4. The van der Waals surface area contributed by atoms with Crippen LogP contribution in [-0.4, -0.2) is 24.0 Å². The number of carbonyl (C=O) groups is 1. The Bertz CT molecular complexity index is 932. The predicted octanol–water partition coefficient (Wildman–Crippen LogP) is 3.39. The van der Waals surface area contributed by atoms with Crippen molar-refractivity contribution in [3.8, 4) is 5.75 Å². The third-order valence-electron chi connectivity index (χ3n) is 5.10. The van der Waals surface area contributed by atoms with Crippen LogP contribution in [0.3, 0.4) is 0 Å². The summed E-state index contributed by atoms with van der Waals surface area (Å²) in [6.45, 7) is 10.6. The minimum Gasteiger partial charge on any atom is -0.487 e. The van der Waals surface area contributed by atoms with Gasteiger partial charge in [-0.05, 0) is 50.6 Å². The van der Waals surface area contributed by atoms with Crippen LogP contribution in [0.15, 0.2) is 53.9 Å². The second-order valence-corrected chi connectivity index (χ2v) is 8.37. The van der Waals surface area contributed by atoms with Crippen LogP contribution in [0, 0.1) is 6.92 Å². The highest BCUT2D eigenvalue weighted by molar-refractivity contribution is 7.09. The fourth-order valence-electron chi connectivity index (χ4n) is 3.18. The van der Waals surface area contributed by atoms with Gasteiger partial charge in [0.1, 0.15) is 18.9 Å². The minimum atomic E-state index is -0.0895. The van der Waals surface area contributed by atoms with Gasteiger partial charge in [0.05, 0.1) is 23.8 Å². The van der Waals surface area contributed by atoms with Crippen molar-refractivity contribution < 1.29 is 14.4 Å². The van der Waals surface area contributed by atoms with Crippen molar-refractivity contribution in [1.82, 2.24) is 10.3 Å². The Morgan fingerprint density at radius 2 is 1.70 bits per heavy atom. The molecule has 0 radical (unpaired) electrons. The van der Waals surface area contributed by atoms with Crippen LogP contribution >= 0.6 is 11.3 Å². The Kier molecular flexibility index (Phi) is 7.99. The number of hydrogen-bond acceptors (Lipinski definition) is 4. The molecular formula is C24H30N3O2S+. The predicted molar refractivity (Wildman–Crippen MR) is 121 cm³/mol. The Hall–Kier alpha value is -2.70. The molecule has 3 aromatic rings. The standard InChI is InChI=1S/C24H29N3O2S/c1-4-27(5-2)15-20-8-6-19(7-9-20)14-25-24(28)21-10-12-23(13-11-21)29-16-22-17-30-18(3)26-22/h6-13,17H,4-5,14-16H2,1-3H3,(H,25,28)/p+1. The number of nitrogens with one attached hydrogen (secondary N) is 2. The largest absolute Gasteiger partial charge is 0.487 e. The van der Waals surface area contributed by atoms with Crippen molar-refractivity contribution in [3.05, 3.63) is 81.3 Å². The van der Waals surface area contributed by atoms with E-state index in [1.165, 1.54) is 5.56 Å². The molecule has 0 saturated heterocycles. The molecule has 3 rings (SSSR count). The molecule has 0 aliphatic heterocycles. The number of quaternary nitrogens is 1. The maximum atomic E-state index is 12.4. The number of hydrogen-bond donors (Lipinski definition) is 2. The monoisotopic (exact) mass is 424 g/mol. The fourth-order valence-corrected chi connectivity index (χ4v) is 3.78. The van der Waals surface area contributed by atoms with E-state index >= 15 is 0 Å². The number of aromatic nitrogens is 1. The molecule has 0 aliphatic rings. The van der Waals surface area contributed by atoms with Crippen LogP contribution in [-0.2, 0) is 19.7 Å². The lowest BCUT2D eigenvalue weighted by Crippen LogP contribution is -3.10. The van der Waals surface area contributed by atoms with Gasteiger partial charge in [-0.3, -0.25) is 4.79 Å². The number of ether oxygens (including phenoxy) is 1. The highest BCUT2D eigenvalue weighted by atomic mass is 32.1. The smallest absolute Gasteiger partial charge is 0.251 e. The lowest BCUT2D eigenvalue weighted by molar-refractivity contribution is -0.910. The van der Waals surface area contributed by atoms with E-state index in [4.69, 9.17) is 4.74 Å². The number of amides is 1. The molecule has 1 amide bonds. The molecule has 0 fully saturated rings.